The van der Waals surface area contributed by atoms with E-state index < -0.39 is 26.5 Å². The third-order valence-corrected chi connectivity index (χ3v) is 4.65. The van der Waals surface area contributed by atoms with Crippen LogP contribution >= 0.6 is 11.6 Å². The summed E-state index contributed by atoms with van der Waals surface area (Å²) in [5.41, 5.74) is 5.48. The maximum absolute atomic E-state index is 11.7. The lowest BCUT2D eigenvalue weighted by Crippen LogP contribution is -1.99. The highest BCUT2D eigenvalue weighted by Crippen LogP contribution is 2.42. The van der Waals surface area contributed by atoms with Crippen molar-refractivity contribution in [2.75, 3.05) is 5.73 Å². The molecule has 0 aliphatic carbocycles. The van der Waals surface area contributed by atoms with Gasteiger partial charge in [-0.05, 0) is 47.9 Å². The Hall–Kier alpha value is -2.88. The second-order valence-electron chi connectivity index (χ2n) is 5.36. The van der Waals surface area contributed by atoms with Crippen LogP contribution in [0.3, 0.4) is 0 Å². The smallest absolute Gasteiger partial charge is 0.296 e. The highest BCUT2D eigenvalue weighted by molar-refractivity contribution is 7.86. The van der Waals surface area contributed by atoms with Gasteiger partial charge in [-0.2, -0.15) is 8.42 Å². The third kappa shape index (κ3) is 3.40. The van der Waals surface area contributed by atoms with Crippen LogP contribution in [0.2, 0.25) is 5.02 Å². The fraction of sp³-hybridized carbons (Fsp3) is 0. The van der Waals surface area contributed by atoms with Gasteiger partial charge in [-0.3, -0.25) is 4.55 Å². The number of azo groups is 1. The van der Waals surface area contributed by atoms with E-state index in [2.05, 4.69) is 10.2 Å². The molecule has 0 saturated carbocycles. The minimum Gasteiger partial charge on any atom is -0.506 e. The number of halogens is 1. The average molecular weight is 394 g/mol. The molecule has 0 aliphatic heterocycles. The number of anilines is 1. The van der Waals surface area contributed by atoms with Gasteiger partial charge in [0.2, 0.25) is 0 Å². The minimum absolute atomic E-state index is 0.0457. The summed E-state index contributed by atoms with van der Waals surface area (Å²) < 4.78 is 32.9. The normalized spacial score (nSPS) is 12.1. The molecule has 3 rings (SSSR count). The molecule has 10 heteroatoms. The van der Waals surface area contributed by atoms with E-state index in [1.165, 1.54) is 36.4 Å². The van der Waals surface area contributed by atoms with Crippen molar-refractivity contribution < 1.29 is 23.2 Å². The van der Waals surface area contributed by atoms with E-state index in [-0.39, 0.29) is 21.8 Å². The SMILES string of the molecule is Nc1ccc2c(O)c(/N=N/c3cc(Cl)ccc3O)c(S(=O)(=O)O)cc2c1. The zero-order chi connectivity index (χ0) is 19.1. The maximum atomic E-state index is 11.7. The van der Waals surface area contributed by atoms with Crippen LogP contribution < -0.4 is 5.73 Å². The van der Waals surface area contributed by atoms with Gasteiger partial charge in [0.15, 0.2) is 5.75 Å². The van der Waals surface area contributed by atoms with E-state index in [4.69, 9.17) is 17.3 Å². The molecule has 134 valence electrons. The number of hydrogen-bond donors (Lipinski definition) is 4. The molecule has 0 saturated heterocycles. The fourth-order valence-electron chi connectivity index (χ4n) is 2.34. The van der Waals surface area contributed by atoms with Crippen LogP contribution in [-0.4, -0.2) is 23.2 Å². The highest BCUT2D eigenvalue weighted by atomic mass is 35.5. The number of nitrogens with two attached hydrogens (primary N) is 1. The van der Waals surface area contributed by atoms with Gasteiger partial charge in [-0.1, -0.05) is 11.6 Å². The summed E-state index contributed by atoms with van der Waals surface area (Å²) in [6, 6.07) is 9.55. The van der Waals surface area contributed by atoms with E-state index in [0.717, 1.165) is 6.07 Å². The predicted octanol–water partition coefficient (Wildman–Crippen LogP) is 4.15. The molecule has 26 heavy (non-hydrogen) atoms. The van der Waals surface area contributed by atoms with Crippen LogP contribution in [0.25, 0.3) is 10.8 Å². The van der Waals surface area contributed by atoms with E-state index in [1.54, 1.807) is 0 Å². The molecule has 0 bridgehead atoms. The summed E-state index contributed by atoms with van der Waals surface area (Å²) >= 11 is 5.82. The average Bonchev–Trinajstić information content (AvgIpc) is 2.55. The Balaban J connectivity index is 2.27. The van der Waals surface area contributed by atoms with Gasteiger partial charge in [-0.25, -0.2) is 0 Å². The lowest BCUT2D eigenvalue weighted by Gasteiger charge is -2.09. The molecule has 3 aromatic carbocycles. The first-order chi connectivity index (χ1) is 12.2. The van der Waals surface area contributed by atoms with Gasteiger partial charge in [0.05, 0.1) is 0 Å². The lowest BCUT2D eigenvalue weighted by atomic mass is 10.1. The molecule has 0 spiro atoms. The van der Waals surface area contributed by atoms with Crippen molar-refractivity contribution in [3.8, 4) is 11.5 Å². The van der Waals surface area contributed by atoms with Gasteiger partial charge in [-0.15, -0.1) is 10.2 Å². The van der Waals surface area contributed by atoms with E-state index in [0.29, 0.717) is 11.1 Å². The maximum Gasteiger partial charge on any atom is 0.296 e. The van der Waals surface area contributed by atoms with Crippen LogP contribution in [0, 0.1) is 0 Å². The number of phenols is 2. The second-order valence-corrected chi connectivity index (χ2v) is 7.19. The molecule has 0 atom stereocenters. The van der Waals surface area contributed by atoms with Gasteiger partial charge >= 0.3 is 0 Å². The molecule has 0 fully saturated rings. The number of benzene rings is 3. The van der Waals surface area contributed by atoms with Crippen molar-refractivity contribution in [1.29, 1.82) is 0 Å². The zero-order valence-electron chi connectivity index (χ0n) is 13.0. The Morgan fingerprint density at radius 3 is 2.42 bits per heavy atom. The number of fused-ring (bicyclic) bond motifs is 1. The van der Waals surface area contributed by atoms with Crippen molar-refractivity contribution in [2.45, 2.75) is 4.90 Å². The number of phenolic OH excluding ortho intramolecular Hbond substituents is 2. The number of nitrogen functional groups attached to an aromatic ring is 1. The van der Waals surface area contributed by atoms with Gasteiger partial charge < -0.3 is 15.9 Å². The standard InChI is InChI=1S/C16H12ClN3O5S/c17-9-1-4-13(21)12(7-9)19-20-15-14(26(23,24)25)6-8-5-10(18)2-3-11(8)16(15)22/h1-7,21-22H,18H2,(H,23,24,25)/b20-19+. The molecule has 0 amide bonds. The Labute approximate surface area is 152 Å². The minimum atomic E-state index is -4.73. The Kier molecular flexibility index (Phi) is 4.45. The highest BCUT2D eigenvalue weighted by Gasteiger charge is 2.22. The van der Waals surface area contributed by atoms with Crippen LogP contribution in [0.4, 0.5) is 17.1 Å². The van der Waals surface area contributed by atoms with Crippen molar-refractivity contribution in [3.05, 3.63) is 47.5 Å². The quantitative estimate of drug-likeness (QED) is 0.298. The first kappa shape index (κ1) is 17.9. The molecule has 0 aromatic heterocycles. The lowest BCUT2D eigenvalue weighted by molar-refractivity contribution is 0.471. The molecular formula is C16H12ClN3O5S. The number of nitrogens with zero attached hydrogens (tertiary/aromatic N) is 2. The third-order valence-electron chi connectivity index (χ3n) is 3.55. The summed E-state index contributed by atoms with van der Waals surface area (Å²) in [6.07, 6.45) is 0. The van der Waals surface area contributed by atoms with Crippen molar-refractivity contribution in [1.82, 2.24) is 0 Å². The number of hydrogen-bond acceptors (Lipinski definition) is 7. The molecular weight excluding hydrogens is 382 g/mol. The van der Waals surface area contributed by atoms with Crippen LogP contribution in [-0.2, 0) is 10.1 Å². The van der Waals surface area contributed by atoms with Gasteiger partial charge in [0.1, 0.15) is 22.0 Å². The first-order valence-electron chi connectivity index (χ1n) is 7.10. The summed E-state index contributed by atoms with van der Waals surface area (Å²) in [5.74, 6) is -0.764. The Bertz CT molecular complexity index is 1160. The summed E-state index contributed by atoms with van der Waals surface area (Å²) in [7, 11) is -4.73. The predicted molar refractivity (Wildman–Crippen MR) is 97.1 cm³/mol. The Morgan fingerprint density at radius 2 is 1.73 bits per heavy atom. The molecule has 3 aromatic rings. The van der Waals surface area contributed by atoms with Crippen LogP contribution in [0.15, 0.2) is 57.6 Å². The first-order valence-corrected chi connectivity index (χ1v) is 8.91. The van der Waals surface area contributed by atoms with Crippen LogP contribution in [0.5, 0.6) is 11.5 Å². The molecule has 0 unspecified atom stereocenters. The van der Waals surface area contributed by atoms with Gasteiger partial charge in [0, 0.05) is 16.1 Å². The number of aromatic hydroxyl groups is 2. The summed E-state index contributed by atoms with van der Waals surface area (Å²) in [4.78, 5) is -0.654. The molecule has 0 radical (unpaired) electrons. The largest absolute Gasteiger partial charge is 0.506 e. The Morgan fingerprint density at radius 1 is 1.00 bits per heavy atom. The van der Waals surface area contributed by atoms with Crippen LogP contribution in [0.1, 0.15) is 0 Å². The van der Waals surface area contributed by atoms with Crippen molar-refractivity contribution >= 4 is 49.6 Å². The molecule has 5 N–H and O–H groups in total. The van der Waals surface area contributed by atoms with E-state index >= 15 is 0 Å². The summed E-state index contributed by atoms with van der Waals surface area (Å²) in [6.45, 7) is 0. The zero-order valence-corrected chi connectivity index (χ0v) is 14.5. The van der Waals surface area contributed by atoms with Crippen molar-refractivity contribution in [3.63, 3.8) is 0 Å². The second kappa shape index (κ2) is 6.45. The summed E-state index contributed by atoms with van der Waals surface area (Å²) in [5, 5.41) is 28.4. The van der Waals surface area contributed by atoms with Gasteiger partial charge in [0.25, 0.3) is 10.1 Å². The fourth-order valence-corrected chi connectivity index (χ4v) is 3.17. The van der Waals surface area contributed by atoms with Crippen molar-refractivity contribution in [2.24, 2.45) is 10.2 Å². The molecule has 0 aliphatic rings. The monoisotopic (exact) mass is 393 g/mol. The molecule has 0 heterocycles. The topological polar surface area (TPSA) is 146 Å². The number of rotatable bonds is 3. The van der Waals surface area contributed by atoms with E-state index in [1.807, 2.05) is 0 Å². The molecule has 8 nitrogen and oxygen atoms in total. The van der Waals surface area contributed by atoms with E-state index in [9.17, 15) is 23.2 Å².